The van der Waals surface area contributed by atoms with Crippen LogP contribution in [0.2, 0.25) is 0 Å². The van der Waals surface area contributed by atoms with Gasteiger partial charge < -0.3 is 4.90 Å². The van der Waals surface area contributed by atoms with E-state index in [0.717, 1.165) is 18.2 Å². The van der Waals surface area contributed by atoms with Gasteiger partial charge >= 0.3 is 0 Å². The average molecular weight is 382 g/mol. The number of thiol groups is 1. The van der Waals surface area contributed by atoms with E-state index in [4.69, 9.17) is 0 Å². The van der Waals surface area contributed by atoms with Crippen molar-refractivity contribution in [3.8, 4) is 0 Å². The van der Waals surface area contributed by atoms with Crippen LogP contribution >= 0.6 is 24.6 Å². The second-order valence-electron chi connectivity index (χ2n) is 5.26. The third-order valence-corrected chi connectivity index (χ3v) is 4.87. The zero-order valence-corrected chi connectivity index (χ0v) is 18.0. The summed E-state index contributed by atoms with van der Waals surface area (Å²) < 4.78 is 2.11. The van der Waals surface area contributed by atoms with Crippen LogP contribution in [-0.4, -0.2) is 42.4 Å². The quantitative estimate of drug-likeness (QED) is 0.194. The minimum atomic E-state index is 0.789. The van der Waals surface area contributed by atoms with Gasteiger partial charge in [-0.3, -0.25) is 4.99 Å². The van der Waals surface area contributed by atoms with Crippen molar-refractivity contribution >= 4 is 31.3 Å². The van der Waals surface area contributed by atoms with Gasteiger partial charge in [-0.2, -0.15) is 12.6 Å². The highest BCUT2D eigenvalue weighted by Crippen LogP contribution is 2.14. The van der Waals surface area contributed by atoms with Crippen molar-refractivity contribution in [2.24, 2.45) is 4.99 Å². The number of aliphatic imine (C=N–C) groups is 1. The number of rotatable bonds is 9. The van der Waals surface area contributed by atoms with Gasteiger partial charge in [0.1, 0.15) is 0 Å². The van der Waals surface area contributed by atoms with Crippen molar-refractivity contribution in [3.63, 3.8) is 0 Å². The molecule has 3 nitrogen and oxygen atoms in total. The Balaban J connectivity index is 0. The maximum atomic E-state index is 4.17. The third kappa shape index (κ3) is 16.1. The van der Waals surface area contributed by atoms with Crippen LogP contribution in [0.1, 0.15) is 32.3 Å². The summed E-state index contributed by atoms with van der Waals surface area (Å²) in [5.74, 6) is 1.81. The summed E-state index contributed by atoms with van der Waals surface area (Å²) in [6, 6.07) is 10.4. The first kappa shape index (κ1) is 26.1. The largest absolute Gasteiger partial charge is 0.377 e. The molecular formula is C20H35N3S2. The molecule has 1 aromatic carbocycles. The van der Waals surface area contributed by atoms with Crippen molar-refractivity contribution in [1.29, 1.82) is 0 Å². The predicted molar refractivity (Wildman–Crippen MR) is 121 cm³/mol. The SMILES string of the molecule is C=C.C=N/C=C(\C)N(C)CCCC.CN(CS)SCc1ccccc1. The number of nitrogens with zero attached hydrogens (tertiary/aromatic N) is 3. The average Bonchev–Trinajstić information content (AvgIpc) is 2.67. The van der Waals surface area contributed by atoms with Crippen molar-refractivity contribution < 1.29 is 0 Å². The van der Waals surface area contributed by atoms with Crippen molar-refractivity contribution in [1.82, 2.24) is 9.21 Å². The van der Waals surface area contributed by atoms with Gasteiger partial charge in [0.25, 0.3) is 0 Å². The molecule has 0 spiro atoms. The van der Waals surface area contributed by atoms with E-state index in [-0.39, 0.29) is 0 Å². The smallest absolute Gasteiger partial charge is 0.0513 e. The number of benzene rings is 1. The zero-order chi connectivity index (χ0) is 19.5. The molecule has 0 saturated carbocycles. The third-order valence-electron chi connectivity index (χ3n) is 3.22. The van der Waals surface area contributed by atoms with Gasteiger partial charge in [-0.05, 0) is 32.7 Å². The molecule has 0 heterocycles. The summed E-state index contributed by atoms with van der Waals surface area (Å²) in [6.45, 7) is 14.8. The Hall–Kier alpha value is -1.17. The lowest BCUT2D eigenvalue weighted by Crippen LogP contribution is -2.16. The number of hydrogen-bond donors (Lipinski definition) is 1. The molecule has 142 valence electrons. The fourth-order valence-electron chi connectivity index (χ4n) is 1.60. The van der Waals surface area contributed by atoms with E-state index in [2.05, 4.69) is 84.9 Å². The predicted octanol–water partition coefficient (Wildman–Crippen LogP) is 5.74. The second-order valence-corrected chi connectivity index (χ2v) is 6.71. The van der Waals surface area contributed by atoms with Gasteiger partial charge in [0.15, 0.2) is 0 Å². The second kappa shape index (κ2) is 19.2. The summed E-state index contributed by atoms with van der Waals surface area (Å²) >= 11 is 5.95. The molecule has 1 rings (SSSR count). The molecule has 5 heteroatoms. The van der Waals surface area contributed by atoms with Gasteiger partial charge in [-0.25, -0.2) is 4.31 Å². The van der Waals surface area contributed by atoms with Crippen molar-refractivity contribution in [2.45, 2.75) is 32.4 Å². The van der Waals surface area contributed by atoms with E-state index in [1.807, 2.05) is 20.0 Å². The van der Waals surface area contributed by atoms with Crippen LogP contribution in [0.25, 0.3) is 0 Å². The molecular weight excluding hydrogens is 346 g/mol. The Bertz CT molecular complexity index is 450. The Morgan fingerprint density at radius 1 is 1.24 bits per heavy atom. The maximum absolute atomic E-state index is 4.17. The first-order valence-corrected chi connectivity index (χ1v) is 9.95. The summed E-state index contributed by atoms with van der Waals surface area (Å²) in [5.41, 5.74) is 2.53. The zero-order valence-electron chi connectivity index (χ0n) is 16.3. The lowest BCUT2D eigenvalue weighted by Gasteiger charge is -2.18. The van der Waals surface area contributed by atoms with Gasteiger partial charge in [0, 0.05) is 31.2 Å². The monoisotopic (exact) mass is 381 g/mol. The molecule has 0 atom stereocenters. The normalized spacial score (nSPS) is 10.2. The summed E-state index contributed by atoms with van der Waals surface area (Å²) in [4.78, 5) is 5.90. The van der Waals surface area contributed by atoms with E-state index < -0.39 is 0 Å². The molecule has 0 unspecified atom stereocenters. The van der Waals surface area contributed by atoms with E-state index in [9.17, 15) is 0 Å². The van der Waals surface area contributed by atoms with Gasteiger partial charge in [0.05, 0.1) is 5.88 Å². The first-order valence-electron chi connectivity index (χ1n) is 8.37. The van der Waals surface area contributed by atoms with E-state index in [1.165, 1.54) is 24.1 Å². The Morgan fingerprint density at radius 2 is 1.84 bits per heavy atom. The molecule has 0 amide bonds. The van der Waals surface area contributed by atoms with Crippen LogP contribution < -0.4 is 0 Å². The Labute approximate surface area is 165 Å². The number of allylic oxidation sites excluding steroid dienone is 1. The molecule has 25 heavy (non-hydrogen) atoms. The molecule has 0 fully saturated rings. The lowest BCUT2D eigenvalue weighted by molar-refractivity contribution is 0.406. The molecule has 0 aromatic heterocycles. The van der Waals surface area contributed by atoms with Crippen molar-refractivity contribution in [3.05, 3.63) is 61.0 Å². The highest BCUT2D eigenvalue weighted by molar-refractivity contribution is 7.96. The van der Waals surface area contributed by atoms with Gasteiger partial charge in [-0.15, -0.1) is 13.2 Å². The fourth-order valence-corrected chi connectivity index (χ4v) is 2.49. The molecule has 0 aliphatic rings. The lowest BCUT2D eigenvalue weighted by atomic mass is 10.2. The van der Waals surface area contributed by atoms with Crippen LogP contribution in [-0.2, 0) is 5.75 Å². The van der Waals surface area contributed by atoms with Crippen molar-refractivity contribution in [2.75, 3.05) is 26.5 Å². The topological polar surface area (TPSA) is 18.8 Å². The first-order chi connectivity index (χ1) is 12.0. The molecule has 0 saturated heterocycles. The summed E-state index contributed by atoms with van der Waals surface area (Å²) in [6.07, 6.45) is 4.26. The maximum Gasteiger partial charge on any atom is 0.0513 e. The molecule has 0 aliphatic carbocycles. The van der Waals surface area contributed by atoms with E-state index in [0.29, 0.717) is 0 Å². The minimum absolute atomic E-state index is 0.789. The van der Waals surface area contributed by atoms with Crippen LogP contribution in [0.15, 0.2) is 60.4 Å². The highest BCUT2D eigenvalue weighted by atomic mass is 32.2. The number of hydrogen-bond acceptors (Lipinski definition) is 5. The van der Waals surface area contributed by atoms with Gasteiger partial charge in [-0.1, -0.05) is 55.6 Å². The van der Waals surface area contributed by atoms with Crippen LogP contribution in [0.4, 0.5) is 0 Å². The molecule has 1 aromatic rings. The van der Waals surface area contributed by atoms with E-state index >= 15 is 0 Å². The number of unbranched alkanes of at least 4 members (excludes halogenated alkanes) is 1. The molecule has 0 aliphatic heterocycles. The summed E-state index contributed by atoms with van der Waals surface area (Å²) in [5, 5.41) is 0. The highest BCUT2D eigenvalue weighted by Gasteiger charge is 1.96. The molecule has 0 N–H and O–H groups in total. The van der Waals surface area contributed by atoms with Crippen LogP contribution in [0.3, 0.4) is 0 Å². The summed E-state index contributed by atoms with van der Waals surface area (Å²) in [7, 11) is 4.12. The standard InChI is InChI=1S/C9H18N2.C9H13NS2.C2H4/c1-5-6-7-11(4)9(2)8-10-3;1-10(8-11)12-7-9-5-3-2-4-6-9;1-2/h8H,3,5-7H2,1-2,4H3;2-6,11H,7-8H2,1H3;1-2H2/b9-8+;;. The molecule has 0 radical (unpaired) electrons. The van der Waals surface area contributed by atoms with E-state index in [1.54, 1.807) is 18.1 Å². The fraction of sp³-hybridized carbons (Fsp3) is 0.450. The van der Waals surface area contributed by atoms with Crippen LogP contribution in [0, 0.1) is 0 Å². The minimum Gasteiger partial charge on any atom is -0.377 e. The Morgan fingerprint density at radius 3 is 2.32 bits per heavy atom. The van der Waals surface area contributed by atoms with Gasteiger partial charge in [0.2, 0.25) is 0 Å². The van der Waals surface area contributed by atoms with Crippen LogP contribution in [0.5, 0.6) is 0 Å². The molecule has 0 bridgehead atoms. The Kier molecular flexibility index (Phi) is 20.0.